The summed E-state index contributed by atoms with van der Waals surface area (Å²) in [5, 5.41) is 5.93. The number of alkyl carbamates (subject to hydrolysis) is 1. The van der Waals surface area contributed by atoms with Gasteiger partial charge in [-0.25, -0.2) is 4.79 Å². The molecule has 2 aromatic carbocycles. The van der Waals surface area contributed by atoms with Gasteiger partial charge in [0.05, 0.1) is 0 Å². The SMILES string of the molecule is CCCCCCCCN(C(=O)C(NC(=O)OC(C)(C)C)C(C)C)C(C(=O)Nc1c(C)cccc1C)c1ccccc1. The monoisotopic (exact) mass is 565 g/mol. The van der Waals surface area contributed by atoms with E-state index in [2.05, 4.69) is 17.6 Å². The second-order valence-electron chi connectivity index (χ2n) is 12.2. The molecule has 0 radical (unpaired) electrons. The first-order valence-electron chi connectivity index (χ1n) is 15.1. The normalized spacial score (nSPS) is 12.9. The number of anilines is 1. The predicted molar refractivity (Wildman–Crippen MR) is 167 cm³/mol. The van der Waals surface area contributed by atoms with E-state index in [9.17, 15) is 14.4 Å². The van der Waals surface area contributed by atoms with Crippen molar-refractivity contribution in [3.8, 4) is 0 Å². The number of carbonyl (C=O) groups is 3. The zero-order valence-electron chi connectivity index (χ0n) is 26.4. The number of unbranched alkanes of at least 4 members (excludes halogenated alkanes) is 5. The lowest BCUT2D eigenvalue weighted by Gasteiger charge is -2.36. The molecule has 0 aliphatic carbocycles. The van der Waals surface area contributed by atoms with Gasteiger partial charge in [0.15, 0.2) is 0 Å². The van der Waals surface area contributed by atoms with E-state index in [0.717, 1.165) is 54.5 Å². The van der Waals surface area contributed by atoms with Crippen LogP contribution in [0.2, 0.25) is 0 Å². The second kappa shape index (κ2) is 16.2. The number of benzene rings is 2. The van der Waals surface area contributed by atoms with Gasteiger partial charge in [0.2, 0.25) is 5.91 Å². The lowest BCUT2D eigenvalue weighted by molar-refractivity contribution is -0.141. The number of aryl methyl sites for hydroxylation is 2. The Hall–Kier alpha value is -3.35. The molecular formula is C34H51N3O4. The van der Waals surface area contributed by atoms with Crippen LogP contribution < -0.4 is 10.6 Å². The minimum Gasteiger partial charge on any atom is -0.444 e. The third-order valence-corrected chi connectivity index (χ3v) is 7.05. The molecule has 0 fully saturated rings. The standard InChI is InChI=1S/C34H51N3O4/c1-9-10-11-12-13-17-23-37(32(39)28(24(2)3)36-33(40)41-34(6,7)8)30(27-21-15-14-16-22-27)31(38)35-29-25(4)19-18-20-26(29)5/h14-16,18-22,24,28,30H,9-13,17,23H2,1-8H3,(H,35,38)(H,36,40). The fourth-order valence-electron chi connectivity index (χ4n) is 4.87. The molecule has 0 bridgehead atoms. The van der Waals surface area contributed by atoms with Crippen LogP contribution in [-0.4, -0.2) is 41.0 Å². The van der Waals surface area contributed by atoms with E-state index in [0.29, 0.717) is 6.54 Å². The lowest BCUT2D eigenvalue weighted by atomic mass is 9.98. The highest BCUT2D eigenvalue weighted by atomic mass is 16.6. The van der Waals surface area contributed by atoms with Crippen molar-refractivity contribution < 1.29 is 19.1 Å². The summed E-state index contributed by atoms with van der Waals surface area (Å²) >= 11 is 0. The molecule has 41 heavy (non-hydrogen) atoms. The molecule has 0 aliphatic heterocycles. The van der Waals surface area contributed by atoms with Gasteiger partial charge >= 0.3 is 6.09 Å². The molecule has 2 aromatic rings. The van der Waals surface area contributed by atoms with Crippen molar-refractivity contribution in [1.29, 1.82) is 0 Å². The molecular weight excluding hydrogens is 514 g/mol. The minimum atomic E-state index is -0.875. The third kappa shape index (κ3) is 10.9. The number of rotatable bonds is 14. The van der Waals surface area contributed by atoms with E-state index in [1.165, 1.54) is 6.42 Å². The number of nitrogens with zero attached hydrogens (tertiary/aromatic N) is 1. The van der Waals surface area contributed by atoms with Crippen LogP contribution in [0, 0.1) is 19.8 Å². The van der Waals surface area contributed by atoms with Crippen LogP contribution in [0.4, 0.5) is 10.5 Å². The summed E-state index contributed by atoms with van der Waals surface area (Å²) in [6, 6.07) is 13.5. The Morgan fingerprint density at radius 2 is 1.44 bits per heavy atom. The molecule has 2 rings (SSSR count). The molecule has 0 aliphatic rings. The zero-order chi connectivity index (χ0) is 30.6. The van der Waals surface area contributed by atoms with E-state index in [-0.39, 0.29) is 17.7 Å². The molecule has 3 amide bonds. The van der Waals surface area contributed by atoms with Gasteiger partial charge in [0.25, 0.3) is 5.91 Å². The summed E-state index contributed by atoms with van der Waals surface area (Å²) in [4.78, 5) is 42.9. The molecule has 7 nitrogen and oxygen atoms in total. The average Bonchev–Trinajstić information content (AvgIpc) is 2.89. The quantitative estimate of drug-likeness (QED) is 0.230. The summed E-state index contributed by atoms with van der Waals surface area (Å²) in [6.45, 7) is 15.6. The Morgan fingerprint density at radius 1 is 0.854 bits per heavy atom. The first-order chi connectivity index (χ1) is 19.4. The van der Waals surface area contributed by atoms with Crippen LogP contribution in [-0.2, 0) is 14.3 Å². The summed E-state index contributed by atoms with van der Waals surface area (Å²) in [5.41, 5.74) is 2.66. The molecule has 2 atom stereocenters. The minimum absolute atomic E-state index is 0.222. The fraction of sp³-hybridized carbons (Fsp3) is 0.559. The maximum atomic E-state index is 14.3. The van der Waals surface area contributed by atoms with Crippen molar-refractivity contribution >= 4 is 23.6 Å². The number of nitrogens with one attached hydrogen (secondary N) is 2. The van der Waals surface area contributed by atoms with Gasteiger partial charge in [-0.3, -0.25) is 9.59 Å². The van der Waals surface area contributed by atoms with E-state index >= 15 is 0 Å². The summed E-state index contributed by atoms with van der Waals surface area (Å²) in [6.07, 6.45) is 5.62. The molecule has 0 spiro atoms. The average molecular weight is 566 g/mol. The van der Waals surface area contributed by atoms with Crippen molar-refractivity contribution in [3.05, 3.63) is 65.2 Å². The maximum Gasteiger partial charge on any atom is 0.408 e. The van der Waals surface area contributed by atoms with Crippen LogP contribution >= 0.6 is 0 Å². The zero-order valence-corrected chi connectivity index (χ0v) is 26.4. The van der Waals surface area contributed by atoms with Gasteiger partial charge < -0.3 is 20.3 Å². The number of para-hydroxylation sites is 1. The Bertz CT molecular complexity index is 1100. The molecule has 0 saturated heterocycles. The van der Waals surface area contributed by atoms with E-state index in [1.807, 2.05) is 76.2 Å². The summed E-state index contributed by atoms with van der Waals surface area (Å²) in [7, 11) is 0. The molecule has 0 heterocycles. The van der Waals surface area contributed by atoms with Gasteiger partial charge in [-0.1, -0.05) is 101 Å². The highest BCUT2D eigenvalue weighted by Crippen LogP contribution is 2.28. The van der Waals surface area contributed by atoms with Gasteiger partial charge in [-0.15, -0.1) is 0 Å². The predicted octanol–water partition coefficient (Wildman–Crippen LogP) is 7.72. The highest BCUT2D eigenvalue weighted by Gasteiger charge is 2.37. The van der Waals surface area contributed by atoms with Crippen molar-refractivity contribution in [3.63, 3.8) is 0 Å². The van der Waals surface area contributed by atoms with Crippen molar-refractivity contribution in [2.75, 3.05) is 11.9 Å². The Kier molecular flexibility index (Phi) is 13.4. The van der Waals surface area contributed by atoms with Crippen LogP contribution in [0.1, 0.15) is 103 Å². The van der Waals surface area contributed by atoms with Crippen LogP contribution in [0.15, 0.2) is 48.5 Å². The third-order valence-electron chi connectivity index (χ3n) is 7.05. The molecule has 0 saturated carbocycles. The first kappa shape index (κ1) is 33.9. The van der Waals surface area contributed by atoms with Crippen molar-refractivity contribution in [2.45, 2.75) is 112 Å². The first-order valence-corrected chi connectivity index (χ1v) is 15.1. The lowest BCUT2D eigenvalue weighted by Crippen LogP contribution is -2.54. The number of ether oxygens (including phenoxy) is 1. The second-order valence-corrected chi connectivity index (χ2v) is 12.2. The van der Waals surface area contributed by atoms with Crippen molar-refractivity contribution in [2.24, 2.45) is 5.92 Å². The van der Waals surface area contributed by atoms with Gasteiger partial charge in [-0.2, -0.15) is 0 Å². The van der Waals surface area contributed by atoms with Gasteiger partial charge in [-0.05, 0) is 63.6 Å². The summed E-state index contributed by atoms with van der Waals surface area (Å²) in [5.74, 6) is -0.808. The maximum absolute atomic E-state index is 14.3. The van der Waals surface area contributed by atoms with Crippen LogP contribution in [0.5, 0.6) is 0 Å². The highest BCUT2D eigenvalue weighted by molar-refractivity contribution is 6.00. The number of carbonyl (C=O) groups excluding carboxylic acids is 3. The van der Waals surface area contributed by atoms with Crippen LogP contribution in [0.25, 0.3) is 0 Å². The number of hydrogen-bond acceptors (Lipinski definition) is 4. The summed E-state index contributed by atoms with van der Waals surface area (Å²) < 4.78 is 5.48. The van der Waals surface area contributed by atoms with Gasteiger partial charge in [0, 0.05) is 12.2 Å². The van der Waals surface area contributed by atoms with E-state index in [1.54, 1.807) is 25.7 Å². The molecule has 7 heteroatoms. The molecule has 2 unspecified atom stereocenters. The van der Waals surface area contributed by atoms with E-state index < -0.39 is 23.8 Å². The smallest absolute Gasteiger partial charge is 0.408 e. The Labute approximate surface area is 247 Å². The van der Waals surface area contributed by atoms with Gasteiger partial charge in [0.1, 0.15) is 17.7 Å². The van der Waals surface area contributed by atoms with E-state index in [4.69, 9.17) is 4.74 Å². The Morgan fingerprint density at radius 3 is 2.00 bits per heavy atom. The largest absolute Gasteiger partial charge is 0.444 e. The van der Waals surface area contributed by atoms with Crippen LogP contribution in [0.3, 0.4) is 0 Å². The van der Waals surface area contributed by atoms with Crippen molar-refractivity contribution in [1.82, 2.24) is 10.2 Å². The topological polar surface area (TPSA) is 87.7 Å². The molecule has 0 aromatic heterocycles. The molecule has 226 valence electrons. The fourth-order valence-corrected chi connectivity index (χ4v) is 4.87. The molecule has 2 N–H and O–H groups in total. The number of hydrogen-bond donors (Lipinski definition) is 2. The Balaban J connectivity index is 2.49. The number of amides is 3.